The third-order valence-corrected chi connectivity index (χ3v) is 2.79. The van der Waals surface area contributed by atoms with E-state index in [9.17, 15) is 4.39 Å². The summed E-state index contributed by atoms with van der Waals surface area (Å²) >= 11 is 0. The molecule has 6 heteroatoms. The first kappa shape index (κ1) is 11.6. The topological polar surface area (TPSA) is 56.7 Å². The van der Waals surface area contributed by atoms with Gasteiger partial charge in [0.1, 0.15) is 11.6 Å². The van der Waals surface area contributed by atoms with Crippen LogP contribution in [0.3, 0.4) is 0 Å². The molecule has 0 N–H and O–H groups in total. The molecule has 0 atom stereocenters. The summed E-state index contributed by atoms with van der Waals surface area (Å²) in [5.41, 5.74) is 0.697. The van der Waals surface area contributed by atoms with E-state index in [2.05, 4.69) is 15.1 Å². The minimum atomic E-state index is -0.294. The van der Waals surface area contributed by atoms with Gasteiger partial charge in [-0.3, -0.25) is 0 Å². The lowest BCUT2D eigenvalue weighted by Crippen LogP contribution is -2.02. The molecule has 0 spiro atoms. The number of nitrogens with zero attached hydrogens (tertiary/aromatic N) is 4. The molecule has 0 unspecified atom stereocenters. The Hall–Kier alpha value is -2.50. The van der Waals surface area contributed by atoms with Crippen molar-refractivity contribution in [3.63, 3.8) is 0 Å². The third-order valence-electron chi connectivity index (χ3n) is 2.79. The summed E-state index contributed by atoms with van der Waals surface area (Å²) in [5, 5.41) is 3.90. The maximum Gasteiger partial charge on any atom is 0.257 e. The molecule has 0 bridgehead atoms. The Morgan fingerprint density at radius 1 is 1.26 bits per heavy atom. The highest BCUT2D eigenvalue weighted by atomic mass is 19.1. The van der Waals surface area contributed by atoms with Gasteiger partial charge in [0, 0.05) is 18.0 Å². The summed E-state index contributed by atoms with van der Waals surface area (Å²) in [5.74, 6) is 1.53. The number of aryl methyl sites for hydroxylation is 1. The van der Waals surface area contributed by atoms with E-state index >= 15 is 0 Å². The molecule has 0 saturated carbocycles. The third kappa shape index (κ3) is 2.37. The Bertz CT molecular complexity index is 687. The number of halogens is 1. The van der Waals surface area contributed by atoms with Gasteiger partial charge in [-0.05, 0) is 31.2 Å². The lowest BCUT2D eigenvalue weighted by molar-refractivity contribution is 0.420. The lowest BCUT2D eigenvalue weighted by Gasteiger charge is -1.98. The van der Waals surface area contributed by atoms with Crippen LogP contribution >= 0.6 is 0 Å². The van der Waals surface area contributed by atoms with Crippen molar-refractivity contribution in [3.8, 4) is 11.5 Å². The number of imidazole rings is 1. The first-order valence-electron chi connectivity index (χ1n) is 5.78. The summed E-state index contributed by atoms with van der Waals surface area (Å²) in [4.78, 5) is 8.40. The molecule has 19 heavy (non-hydrogen) atoms. The largest absolute Gasteiger partial charge is 0.334 e. The van der Waals surface area contributed by atoms with Crippen LogP contribution in [0.5, 0.6) is 0 Å². The average Bonchev–Trinajstić information content (AvgIpc) is 3.01. The van der Waals surface area contributed by atoms with Crippen LogP contribution in [0.25, 0.3) is 11.5 Å². The number of aromatic nitrogens is 4. The van der Waals surface area contributed by atoms with Crippen LogP contribution in [-0.4, -0.2) is 19.7 Å². The molecule has 0 aliphatic heterocycles. The molecule has 0 amide bonds. The second kappa shape index (κ2) is 4.64. The smallest absolute Gasteiger partial charge is 0.257 e. The average molecular weight is 258 g/mol. The highest BCUT2D eigenvalue weighted by Gasteiger charge is 2.10. The molecule has 0 aliphatic rings. The SMILES string of the molecule is Cc1nccn1Cc1noc(-c2ccc(F)cc2)n1. The summed E-state index contributed by atoms with van der Waals surface area (Å²) in [7, 11) is 0. The molecule has 5 nitrogen and oxygen atoms in total. The Balaban J connectivity index is 1.83. The summed E-state index contributed by atoms with van der Waals surface area (Å²) in [6.07, 6.45) is 3.57. The van der Waals surface area contributed by atoms with Crippen LogP contribution in [0.15, 0.2) is 41.2 Å². The predicted octanol–water partition coefficient (Wildman–Crippen LogP) is 2.43. The minimum absolute atomic E-state index is 0.294. The molecule has 0 radical (unpaired) electrons. The van der Waals surface area contributed by atoms with Gasteiger partial charge in [0.2, 0.25) is 0 Å². The standard InChI is InChI=1S/C13H11FN4O/c1-9-15-6-7-18(9)8-12-16-13(19-17-12)10-2-4-11(14)5-3-10/h2-7H,8H2,1H3. The molecule has 96 valence electrons. The molecule has 1 aromatic carbocycles. The minimum Gasteiger partial charge on any atom is -0.334 e. The Morgan fingerprint density at radius 2 is 2.05 bits per heavy atom. The molecular weight excluding hydrogens is 247 g/mol. The van der Waals surface area contributed by atoms with Gasteiger partial charge in [0.15, 0.2) is 5.82 Å². The maximum absolute atomic E-state index is 12.8. The summed E-state index contributed by atoms with van der Waals surface area (Å²) < 4.78 is 19.9. The molecular formula is C13H11FN4O. The molecule has 3 rings (SSSR count). The van der Waals surface area contributed by atoms with Crippen molar-refractivity contribution in [2.75, 3.05) is 0 Å². The number of benzene rings is 1. The Kier molecular flexibility index (Phi) is 2.83. The Morgan fingerprint density at radius 3 is 2.74 bits per heavy atom. The number of rotatable bonds is 3. The van der Waals surface area contributed by atoms with E-state index in [-0.39, 0.29) is 5.82 Å². The van der Waals surface area contributed by atoms with E-state index in [4.69, 9.17) is 4.52 Å². The van der Waals surface area contributed by atoms with Crippen LogP contribution in [0.1, 0.15) is 11.6 Å². The second-order valence-electron chi connectivity index (χ2n) is 4.13. The van der Waals surface area contributed by atoms with Crippen molar-refractivity contribution < 1.29 is 8.91 Å². The Labute approximate surface area is 108 Å². The lowest BCUT2D eigenvalue weighted by atomic mass is 10.2. The second-order valence-corrected chi connectivity index (χ2v) is 4.13. The molecule has 2 heterocycles. The molecule has 3 aromatic rings. The molecule has 0 saturated heterocycles. The van der Waals surface area contributed by atoms with Crippen LogP contribution < -0.4 is 0 Å². The van der Waals surface area contributed by atoms with E-state index < -0.39 is 0 Å². The summed E-state index contributed by atoms with van der Waals surface area (Å²) in [6, 6.07) is 5.93. The number of hydrogen-bond acceptors (Lipinski definition) is 4. The zero-order valence-electron chi connectivity index (χ0n) is 10.2. The normalized spacial score (nSPS) is 10.8. The fourth-order valence-corrected chi connectivity index (χ4v) is 1.75. The van der Waals surface area contributed by atoms with Crippen LogP contribution in [-0.2, 0) is 6.54 Å². The summed E-state index contributed by atoms with van der Waals surface area (Å²) in [6.45, 7) is 2.40. The van der Waals surface area contributed by atoms with Gasteiger partial charge in [-0.1, -0.05) is 5.16 Å². The zero-order valence-corrected chi connectivity index (χ0v) is 10.2. The van der Waals surface area contributed by atoms with Gasteiger partial charge in [-0.15, -0.1) is 0 Å². The van der Waals surface area contributed by atoms with Crippen molar-refractivity contribution in [1.82, 2.24) is 19.7 Å². The predicted molar refractivity (Wildman–Crippen MR) is 65.8 cm³/mol. The first-order chi connectivity index (χ1) is 9.22. The van der Waals surface area contributed by atoms with Crippen molar-refractivity contribution in [2.24, 2.45) is 0 Å². The molecule has 0 aliphatic carbocycles. The van der Waals surface area contributed by atoms with Crippen LogP contribution in [0.4, 0.5) is 4.39 Å². The van der Waals surface area contributed by atoms with Gasteiger partial charge in [0.05, 0.1) is 6.54 Å². The highest BCUT2D eigenvalue weighted by molar-refractivity contribution is 5.52. The molecule has 2 aromatic heterocycles. The van der Waals surface area contributed by atoms with Gasteiger partial charge >= 0.3 is 0 Å². The fourth-order valence-electron chi connectivity index (χ4n) is 1.75. The quantitative estimate of drug-likeness (QED) is 0.724. The van der Waals surface area contributed by atoms with Crippen molar-refractivity contribution in [1.29, 1.82) is 0 Å². The monoisotopic (exact) mass is 258 g/mol. The number of hydrogen-bond donors (Lipinski definition) is 0. The van der Waals surface area contributed by atoms with E-state index in [1.54, 1.807) is 18.3 Å². The van der Waals surface area contributed by atoms with E-state index in [1.807, 2.05) is 17.7 Å². The zero-order chi connectivity index (χ0) is 13.2. The van der Waals surface area contributed by atoms with E-state index in [0.717, 1.165) is 5.82 Å². The van der Waals surface area contributed by atoms with Crippen LogP contribution in [0, 0.1) is 12.7 Å². The van der Waals surface area contributed by atoms with Crippen LogP contribution in [0.2, 0.25) is 0 Å². The van der Waals surface area contributed by atoms with E-state index in [0.29, 0.717) is 23.8 Å². The maximum atomic E-state index is 12.8. The van der Waals surface area contributed by atoms with E-state index in [1.165, 1.54) is 12.1 Å². The fraction of sp³-hybridized carbons (Fsp3) is 0.154. The van der Waals surface area contributed by atoms with Crippen molar-refractivity contribution in [2.45, 2.75) is 13.5 Å². The van der Waals surface area contributed by atoms with Crippen molar-refractivity contribution in [3.05, 3.63) is 54.1 Å². The first-order valence-corrected chi connectivity index (χ1v) is 5.78. The van der Waals surface area contributed by atoms with Gasteiger partial charge in [-0.2, -0.15) is 4.98 Å². The van der Waals surface area contributed by atoms with Gasteiger partial charge < -0.3 is 9.09 Å². The molecule has 0 fully saturated rings. The van der Waals surface area contributed by atoms with Gasteiger partial charge in [0.25, 0.3) is 5.89 Å². The highest BCUT2D eigenvalue weighted by Crippen LogP contribution is 2.17. The van der Waals surface area contributed by atoms with Crippen molar-refractivity contribution >= 4 is 0 Å². The van der Waals surface area contributed by atoms with Gasteiger partial charge in [-0.25, -0.2) is 9.37 Å².